The molecule has 2 aromatic carbocycles. The molecule has 9 nitrogen and oxygen atoms in total. The van der Waals surface area contributed by atoms with Crippen LogP contribution in [0.25, 0.3) is 0 Å². The maximum Gasteiger partial charge on any atom is 0.232 e. The molecule has 0 saturated carbocycles. The number of amides is 2. The normalized spacial score (nSPS) is 17.9. The van der Waals surface area contributed by atoms with E-state index in [-0.39, 0.29) is 30.5 Å². The zero-order valence-corrected chi connectivity index (χ0v) is 18.7. The van der Waals surface area contributed by atoms with E-state index < -0.39 is 15.9 Å². The molecule has 4 rings (SSSR count). The molecule has 1 atom stereocenters. The molecule has 2 amide bonds. The quantitative estimate of drug-likeness (QED) is 0.686. The number of aryl methyl sites for hydroxylation is 1. The highest BCUT2D eigenvalue weighted by Crippen LogP contribution is 2.36. The Labute approximate surface area is 186 Å². The lowest BCUT2D eigenvalue weighted by Gasteiger charge is -2.22. The minimum Gasteiger partial charge on any atom is -0.486 e. The molecular formula is C22H25N3O6S. The second-order valence-corrected chi connectivity index (χ2v) is 9.77. The summed E-state index contributed by atoms with van der Waals surface area (Å²) < 4.78 is 37.2. The molecule has 1 saturated heterocycles. The van der Waals surface area contributed by atoms with E-state index in [4.69, 9.17) is 9.47 Å². The Morgan fingerprint density at radius 3 is 2.59 bits per heavy atom. The third-order valence-corrected chi connectivity index (χ3v) is 6.76. The number of ether oxygens (including phenoxy) is 2. The average Bonchev–Trinajstić information content (AvgIpc) is 3.17. The summed E-state index contributed by atoms with van der Waals surface area (Å²) in [5.74, 6) is 0.293. The molecule has 2 heterocycles. The van der Waals surface area contributed by atoms with Crippen molar-refractivity contribution in [3.63, 3.8) is 0 Å². The van der Waals surface area contributed by atoms with E-state index in [0.717, 1.165) is 0 Å². The number of carbonyl (C=O) groups is 2. The SMILES string of the molecule is CCS(=O)(=O)Nc1ccc(NC(=O)C2CC(=O)N(c3ccc4c(c3)OCCO4)C2)cc1C. The Morgan fingerprint density at radius 2 is 1.88 bits per heavy atom. The molecule has 0 aromatic heterocycles. The minimum atomic E-state index is -3.39. The molecular weight excluding hydrogens is 434 g/mol. The maximum atomic E-state index is 12.8. The van der Waals surface area contributed by atoms with Gasteiger partial charge in [-0.25, -0.2) is 8.42 Å². The van der Waals surface area contributed by atoms with Gasteiger partial charge in [0.2, 0.25) is 21.8 Å². The molecule has 0 radical (unpaired) electrons. The second-order valence-electron chi connectivity index (χ2n) is 7.76. The van der Waals surface area contributed by atoms with E-state index in [1.54, 1.807) is 55.1 Å². The lowest BCUT2D eigenvalue weighted by molar-refractivity contribution is -0.122. The number of sulfonamides is 1. The van der Waals surface area contributed by atoms with Gasteiger partial charge in [-0.15, -0.1) is 0 Å². The van der Waals surface area contributed by atoms with Gasteiger partial charge in [-0.2, -0.15) is 0 Å². The van der Waals surface area contributed by atoms with E-state index in [1.807, 2.05) is 0 Å². The number of anilines is 3. The zero-order valence-electron chi connectivity index (χ0n) is 17.9. The fourth-order valence-electron chi connectivity index (χ4n) is 3.67. The molecule has 0 aliphatic carbocycles. The Balaban J connectivity index is 1.42. The van der Waals surface area contributed by atoms with Crippen molar-refractivity contribution in [1.29, 1.82) is 0 Å². The fraction of sp³-hybridized carbons (Fsp3) is 0.364. The van der Waals surface area contributed by atoms with Crippen LogP contribution in [0.2, 0.25) is 0 Å². The molecule has 10 heteroatoms. The summed E-state index contributed by atoms with van der Waals surface area (Å²) in [5.41, 5.74) is 2.35. The van der Waals surface area contributed by atoms with Crippen molar-refractivity contribution in [2.24, 2.45) is 5.92 Å². The topological polar surface area (TPSA) is 114 Å². The Hall–Kier alpha value is -3.27. The van der Waals surface area contributed by atoms with Crippen LogP contribution >= 0.6 is 0 Å². The van der Waals surface area contributed by atoms with Gasteiger partial charge in [0, 0.05) is 30.4 Å². The zero-order chi connectivity index (χ0) is 22.9. The molecule has 170 valence electrons. The van der Waals surface area contributed by atoms with Gasteiger partial charge in [0.1, 0.15) is 13.2 Å². The Kier molecular flexibility index (Phi) is 5.96. The third kappa shape index (κ3) is 4.64. The number of hydrogen-bond donors (Lipinski definition) is 2. The summed E-state index contributed by atoms with van der Waals surface area (Å²) in [6.07, 6.45) is 0.105. The molecule has 2 aliphatic rings. The first kappa shape index (κ1) is 21.9. The first-order chi connectivity index (χ1) is 15.3. The van der Waals surface area contributed by atoms with Crippen molar-refractivity contribution in [1.82, 2.24) is 0 Å². The molecule has 1 fully saturated rings. The molecule has 2 aliphatic heterocycles. The highest BCUT2D eigenvalue weighted by atomic mass is 32.2. The third-order valence-electron chi connectivity index (χ3n) is 5.47. The molecule has 0 bridgehead atoms. The van der Waals surface area contributed by atoms with Crippen LogP contribution in [0.3, 0.4) is 0 Å². The summed E-state index contributed by atoms with van der Waals surface area (Å²) in [7, 11) is -3.39. The fourth-order valence-corrected chi connectivity index (χ4v) is 4.38. The lowest BCUT2D eigenvalue weighted by Crippen LogP contribution is -2.28. The van der Waals surface area contributed by atoms with Crippen LogP contribution in [0.15, 0.2) is 36.4 Å². The van der Waals surface area contributed by atoms with Gasteiger partial charge in [-0.05, 0) is 49.7 Å². The molecule has 2 aromatic rings. The monoisotopic (exact) mass is 459 g/mol. The first-order valence-corrected chi connectivity index (χ1v) is 12.0. The summed E-state index contributed by atoms with van der Waals surface area (Å²) in [6, 6.07) is 10.2. The van der Waals surface area contributed by atoms with Crippen LogP contribution in [0.4, 0.5) is 17.1 Å². The summed E-state index contributed by atoms with van der Waals surface area (Å²) in [5, 5.41) is 2.83. The molecule has 2 N–H and O–H groups in total. The predicted octanol–water partition coefficient (Wildman–Crippen LogP) is 2.52. The van der Waals surface area contributed by atoms with Gasteiger partial charge in [-0.3, -0.25) is 14.3 Å². The molecule has 1 unspecified atom stereocenters. The van der Waals surface area contributed by atoms with Crippen LogP contribution < -0.4 is 24.4 Å². The van der Waals surface area contributed by atoms with Crippen molar-refractivity contribution in [3.05, 3.63) is 42.0 Å². The van der Waals surface area contributed by atoms with E-state index in [2.05, 4.69) is 10.0 Å². The van der Waals surface area contributed by atoms with Crippen LogP contribution in [0, 0.1) is 12.8 Å². The van der Waals surface area contributed by atoms with Gasteiger partial charge in [-0.1, -0.05) is 0 Å². The number of carbonyl (C=O) groups excluding carboxylic acids is 2. The highest BCUT2D eigenvalue weighted by Gasteiger charge is 2.35. The molecule has 32 heavy (non-hydrogen) atoms. The Bertz CT molecular complexity index is 1160. The van der Waals surface area contributed by atoms with Crippen LogP contribution in [0.5, 0.6) is 11.5 Å². The summed E-state index contributed by atoms with van der Waals surface area (Å²) in [6.45, 7) is 4.52. The van der Waals surface area contributed by atoms with E-state index >= 15 is 0 Å². The Morgan fingerprint density at radius 1 is 1.12 bits per heavy atom. The smallest absolute Gasteiger partial charge is 0.232 e. The number of hydrogen-bond acceptors (Lipinski definition) is 6. The maximum absolute atomic E-state index is 12.8. The van der Waals surface area contributed by atoms with Crippen molar-refractivity contribution in [3.8, 4) is 11.5 Å². The van der Waals surface area contributed by atoms with E-state index in [0.29, 0.717) is 47.3 Å². The van der Waals surface area contributed by atoms with Crippen LogP contribution in [0.1, 0.15) is 18.9 Å². The van der Waals surface area contributed by atoms with Crippen LogP contribution in [-0.4, -0.2) is 45.7 Å². The van der Waals surface area contributed by atoms with E-state index in [1.165, 1.54) is 0 Å². The van der Waals surface area contributed by atoms with Crippen LogP contribution in [-0.2, 0) is 19.6 Å². The van der Waals surface area contributed by atoms with Crippen molar-refractivity contribution in [2.45, 2.75) is 20.3 Å². The van der Waals surface area contributed by atoms with Crippen molar-refractivity contribution in [2.75, 3.05) is 40.5 Å². The number of nitrogens with one attached hydrogen (secondary N) is 2. The summed E-state index contributed by atoms with van der Waals surface area (Å²) >= 11 is 0. The van der Waals surface area contributed by atoms with Gasteiger partial charge in [0.05, 0.1) is 17.4 Å². The largest absolute Gasteiger partial charge is 0.486 e. The average molecular weight is 460 g/mol. The highest BCUT2D eigenvalue weighted by molar-refractivity contribution is 7.92. The minimum absolute atomic E-state index is 0.0273. The molecule has 0 spiro atoms. The first-order valence-electron chi connectivity index (χ1n) is 10.4. The van der Waals surface area contributed by atoms with Crippen molar-refractivity contribution < 1.29 is 27.5 Å². The number of nitrogens with zero attached hydrogens (tertiary/aromatic N) is 1. The van der Waals surface area contributed by atoms with Gasteiger partial charge < -0.3 is 19.7 Å². The van der Waals surface area contributed by atoms with Gasteiger partial charge >= 0.3 is 0 Å². The van der Waals surface area contributed by atoms with Crippen molar-refractivity contribution >= 4 is 38.9 Å². The number of benzene rings is 2. The van der Waals surface area contributed by atoms with Gasteiger partial charge in [0.25, 0.3) is 0 Å². The predicted molar refractivity (Wildman–Crippen MR) is 121 cm³/mol. The second kappa shape index (κ2) is 8.70. The number of fused-ring (bicyclic) bond motifs is 1. The standard InChI is InChI=1S/C22H25N3O6S/c1-3-32(28,29)24-18-6-4-16(10-14(18)2)23-22(27)15-11-21(26)25(13-15)17-5-7-19-20(12-17)31-9-8-30-19/h4-7,10,12,15,24H,3,8-9,11,13H2,1-2H3,(H,23,27). The number of rotatable bonds is 6. The van der Waals surface area contributed by atoms with E-state index in [9.17, 15) is 18.0 Å². The van der Waals surface area contributed by atoms with Gasteiger partial charge in [0.15, 0.2) is 11.5 Å². The lowest BCUT2D eigenvalue weighted by atomic mass is 10.1. The summed E-state index contributed by atoms with van der Waals surface area (Å²) in [4.78, 5) is 27.0.